The third-order valence-electron chi connectivity index (χ3n) is 3.33. The van der Waals surface area contributed by atoms with Crippen LogP contribution in [0.15, 0.2) is 24.3 Å². The summed E-state index contributed by atoms with van der Waals surface area (Å²) in [7, 11) is 0. The maximum Gasteiger partial charge on any atom is 0.261 e. The number of carbonyl (C=O) groups is 1. The van der Waals surface area contributed by atoms with Crippen molar-refractivity contribution >= 4 is 5.78 Å². The standard InChI is InChI=1S/C13H16O6/c1-7-4-2-3-5-8(7)11(16)13(18)12(17)10(15)9(6-14)19-13/h2-5,9-10,12,14-15,17-18H,6H2,1H3/t9-,10-,12-,13?/m1/s1. The molecule has 1 fully saturated rings. The summed E-state index contributed by atoms with van der Waals surface area (Å²) in [5, 5.41) is 38.6. The topological polar surface area (TPSA) is 107 Å². The molecule has 6 nitrogen and oxygen atoms in total. The zero-order chi connectivity index (χ0) is 14.2. The fraction of sp³-hybridized carbons (Fsp3) is 0.462. The maximum atomic E-state index is 12.3. The molecule has 1 saturated heterocycles. The van der Waals surface area contributed by atoms with Gasteiger partial charge in [-0.25, -0.2) is 0 Å². The number of carbonyl (C=O) groups excluding carboxylic acids is 1. The van der Waals surface area contributed by atoms with E-state index in [1.54, 1.807) is 25.1 Å². The predicted molar refractivity (Wildman–Crippen MR) is 64.4 cm³/mol. The maximum absolute atomic E-state index is 12.3. The molecule has 104 valence electrons. The van der Waals surface area contributed by atoms with Crippen molar-refractivity contribution in [3.63, 3.8) is 0 Å². The van der Waals surface area contributed by atoms with Crippen LogP contribution in [0.3, 0.4) is 0 Å². The van der Waals surface area contributed by atoms with Crippen LogP contribution < -0.4 is 0 Å². The van der Waals surface area contributed by atoms with Crippen LogP contribution >= 0.6 is 0 Å². The second-order valence-electron chi connectivity index (χ2n) is 4.61. The molecule has 0 saturated carbocycles. The lowest BCUT2D eigenvalue weighted by Crippen LogP contribution is -2.50. The Balaban J connectivity index is 2.36. The molecule has 19 heavy (non-hydrogen) atoms. The first-order valence-electron chi connectivity index (χ1n) is 5.89. The zero-order valence-electron chi connectivity index (χ0n) is 10.4. The summed E-state index contributed by atoms with van der Waals surface area (Å²) < 4.78 is 4.95. The number of benzene rings is 1. The van der Waals surface area contributed by atoms with Crippen LogP contribution in [-0.4, -0.2) is 56.9 Å². The zero-order valence-corrected chi connectivity index (χ0v) is 10.4. The van der Waals surface area contributed by atoms with Crippen LogP contribution in [0.4, 0.5) is 0 Å². The van der Waals surface area contributed by atoms with Crippen molar-refractivity contribution in [3.05, 3.63) is 35.4 Å². The number of Topliss-reactive ketones (excluding diaryl/α,β-unsaturated/α-hetero) is 1. The van der Waals surface area contributed by atoms with E-state index in [2.05, 4.69) is 0 Å². The SMILES string of the molecule is Cc1ccccc1C(=O)C1(O)O[C@H](CO)[C@@H](O)[C@H]1O. The summed E-state index contributed by atoms with van der Waals surface area (Å²) in [5.74, 6) is -3.38. The van der Waals surface area contributed by atoms with Crippen molar-refractivity contribution in [2.24, 2.45) is 0 Å². The second-order valence-corrected chi connectivity index (χ2v) is 4.61. The molecule has 0 aromatic heterocycles. The van der Waals surface area contributed by atoms with Crippen LogP contribution in [0.2, 0.25) is 0 Å². The van der Waals surface area contributed by atoms with Crippen LogP contribution in [0.25, 0.3) is 0 Å². The van der Waals surface area contributed by atoms with E-state index < -0.39 is 36.5 Å². The van der Waals surface area contributed by atoms with E-state index in [0.29, 0.717) is 5.56 Å². The van der Waals surface area contributed by atoms with Gasteiger partial charge in [-0.15, -0.1) is 0 Å². The van der Waals surface area contributed by atoms with Gasteiger partial charge in [0.05, 0.1) is 6.61 Å². The molecule has 1 unspecified atom stereocenters. The fourth-order valence-corrected chi connectivity index (χ4v) is 2.16. The van der Waals surface area contributed by atoms with Crippen molar-refractivity contribution in [1.82, 2.24) is 0 Å². The summed E-state index contributed by atoms with van der Waals surface area (Å²) >= 11 is 0. The third-order valence-corrected chi connectivity index (χ3v) is 3.33. The molecule has 4 N–H and O–H groups in total. The van der Waals surface area contributed by atoms with Gasteiger partial charge in [-0.1, -0.05) is 24.3 Å². The van der Waals surface area contributed by atoms with E-state index >= 15 is 0 Å². The van der Waals surface area contributed by atoms with Gasteiger partial charge in [-0.3, -0.25) is 4.79 Å². The van der Waals surface area contributed by atoms with Crippen molar-refractivity contribution in [3.8, 4) is 0 Å². The van der Waals surface area contributed by atoms with E-state index in [0.717, 1.165) is 0 Å². The Kier molecular flexibility index (Phi) is 3.71. The highest BCUT2D eigenvalue weighted by atomic mass is 16.7. The Morgan fingerprint density at radius 1 is 1.37 bits per heavy atom. The molecule has 1 heterocycles. The lowest BCUT2D eigenvalue weighted by Gasteiger charge is -2.24. The molecule has 4 atom stereocenters. The molecule has 1 aromatic carbocycles. The van der Waals surface area contributed by atoms with Crippen molar-refractivity contribution in [2.45, 2.75) is 31.0 Å². The van der Waals surface area contributed by atoms with E-state index in [4.69, 9.17) is 9.84 Å². The molecule has 1 aliphatic rings. The molecule has 0 amide bonds. The Bertz CT molecular complexity index is 488. The number of hydrogen-bond donors (Lipinski definition) is 4. The van der Waals surface area contributed by atoms with Crippen molar-refractivity contribution in [1.29, 1.82) is 0 Å². The molecule has 1 aromatic rings. The van der Waals surface area contributed by atoms with Crippen molar-refractivity contribution in [2.75, 3.05) is 6.61 Å². The summed E-state index contributed by atoms with van der Waals surface area (Å²) in [6.45, 7) is 1.07. The first-order valence-corrected chi connectivity index (χ1v) is 5.89. The van der Waals surface area contributed by atoms with Crippen LogP contribution in [0, 0.1) is 6.92 Å². The number of ether oxygens (including phenoxy) is 1. The highest BCUT2D eigenvalue weighted by molar-refractivity contribution is 6.03. The lowest BCUT2D eigenvalue weighted by atomic mass is 9.94. The van der Waals surface area contributed by atoms with Gasteiger partial charge in [0.15, 0.2) is 0 Å². The number of aryl methyl sites for hydroxylation is 1. The van der Waals surface area contributed by atoms with Gasteiger partial charge < -0.3 is 25.2 Å². The highest BCUT2D eigenvalue weighted by Crippen LogP contribution is 2.32. The number of rotatable bonds is 3. The largest absolute Gasteiger partial charge is 0.394 e. The quantitative estimate of drug-likeness (QED) is 0.523. The van der Waals surface area contributed by atoms with Crippen LogP contribution in [-0.2, 0) is 4.74 Å². The normalized spacial score (nSPS) is 34.5. The predicted octanol–water partition coefficient (Wildman–Crippen LogP) is -1.02. The van der Waals surface area contributed by atoms with Gasteiger partial charge in [0.2, 0.25) is 5.78 Å². The summed E-state index contributed by atoms with van der Waals surface area (Å²) in [4.78, 5) is 12.3. The smallest absolute Gasteiger partial charge is 0.261 e. The number of hydrogen-bond acceptors (Lipinski definition) is 6. The third kappa shape index (κ3) is 2.18. The molecule has 0 radical (unpaired) electrons. The Morgan fingerprint density at radius 3 is 2.53 bits per heavy atom. The van der Waals surface area contributed by atoms with Crippen molar-refractivity contribution < 1.29 is 30.0 Å². The van der Waals surface area contributed by atoms with E-state index in [1.165, 1.54) is 6.07 Å². The Hall–Kier alpha value is -1.31. The monoisotopic (exact) mass is 268 g/mol. The first kappa shape index (κ1) is 14.1. The van der Waals surface area contributed by atoms with Gasteiger partial charge in [-0.05, 0) is 12.5 Å². The average Bonchev–Trinajstić information content (AvgIpc) is 2.64. The summed E-state index contributed by atoms with van der Waals surface area (Å²) in [5.41, 5.74) is 0.800. The molecule has 0 aliphatic carbocycles. The first-order chi connectivity index (χ1) is 8.91. The molecule has 6 heteroatoms. The molecule has 1 aliphatic heterocycles. The van der Waals surface area contributed by atoms with Gasteiger partial charge in [-0.2, -0.15) is 0 Å². The van der Waals surface area contributed by atoms with Gasteiger partial charge in [0.1, 0.15) is 18.3 Å². The second kappa shape index (κ2) is 4.99. The average molecular weight is 268 g/mol. The molecule has 0 bridgehead atoms. The van der Waals surface area contributed by atoms with Crippen LogP contribution in [0.5, 0.6) is 0 Å². The number of aliphatic hydroxyl groups is 4. The minimum absolute atomic E-state index is 0.190. The summed E-state index contributed by atoms with van der Waals surface area (Å²) in [6.07, 6.45) is -4.53. The summed E-state index contributed by atoms with van der Waals surface area (Å²) in [6, 6.07) is 6.51. The van der Waals surface area contributed by atoms with Crippen LogP contribution in [0.1, 0.15) is 15.9 Å². The minimum Gasteiger partial charge on any atom is -0.394 e. The van der Waals surface area contributed by atoms with E-state index in [9.17, 15) is 20.1 Å². The minimum atomic E-state index is -2.54. The Morgan fingerprint density at radius 2 is 2.00 bits per heavy atom. The van der Waals surface area contributed by atoms with Gasteiger partial charge in [0, 0.05) is 5.56 Å². The molecular weight excluding hydrogens is 252 g/mol. The molecule has 2 rings (SSSR count). The van der Waals surface area contributed by atoms with E-state index in [-0.39, 0.29) is 5.56 Å². The highest BCUT2D eigenvalue weighted by Gasteiger charge is 2.58. The van der Waals surface area contributed by atoms with Gasteiger partial charge in [0.25, 0.3) is 5.79 Å². The number of ketones is 1. The molecular formula is C13H16O6. The molecule has 0 spiro atoms. The fourth-order valence-electron chi connectivity index (χ4n) is 2.16. The van der Waals surface area contributed by atoms with E-state index in [1.807, 2.05) is 0 Å². The Labute approximate surface area is 109 Å². The number of aliphatic hydroxyl groups excluding tert-OH is 3. The van der Waals surface area contributed by atoms with Gasteiger partial charge >= 0.3 is 0 Å². The lowest BCUT2D eigenvalue weighted by molar-refractivity contribution is -0.193.